The Morgan fingerprint density at radius 1 is 1.43 bits per heavy atom. The molecule has 0 fully saturated rings. The molecule has 0 saturated heterocycles. The molecule has 2 rings (SSSR count). The first kappa shape index (κ1) is 15.0. The van der Waals surface area contributed by atoms with E-state index in [0.717, 1.165) is 24.2 Å². The van der Waals surface area contributed by atoms with E-state index < -0.39 is 0 Å². The highest BCUT2D eigenvalue weighted by atomic mass is 16.5. The smallest absolute Gasteiger partial charge is 0.227 e. The highest BCUT2D eigenvalue weighted by Gasteiger charge is 2.05. The molecule has 21 heavy (non-hydrogen) atoms. The standard InChI is InChI=1S/C14H19N5O2/c1-9-7-11(14(15)18-20)3-4-12(9)8-16-6-5-13-17-10(2)19-21-13/h3-4,7,16,20H,5-6,8H2,1-2H3,(H2,15,18). The number of aromatic nitrogens is 2. The number of nitrogens with one attached hydrogen (secondary N) is 1. The lowest BCUT2D eigenvalue weighted by molar-refractivity contribution is 0.318. The maximum Gasteiger partial charge on any atom is 0.227 e. The quantitative estimate of drug-likeness (QED) is 0.242. The Bertz CT molecular complexity index is 636. The monoisotopic (exact) mass is 289 g/mol. The highest BCUT2D eigenvalue weighted by Crippen LogP contribution is 2.11. The van der Waals surface area contributed by atoms with Gasteiger partial charge in [0.25, 0.3) is 0 Å². The van der Waals surface area contributed by atoms with E-state index in [0.29, 0.717) is 23.7 Å². The lowest BCUT2D eigenvalue weighted by atomic mass is 10.0. The minimum Gasteiger partial charge on any atom is -0.409 e. The zero-order chi connectivity index (χ0) is 15.2. The van der Waals surface area contributed by atoms with E-state index in [4.69, 9.17) is 15.5 Å². The van der Waals surface area contributed by atoms with E-state index >= 15 is 0 Å². The van der Waals surface area contributed by atoms with E-state index in [1.807, 2.05) is 25.1 Å². The lowest BCUT2D eigenvalue weighted by Gasteiger charge is -2.09. The van der Waals surface area contributed by atoms with Gasteiger partial charge in [-0.2, -0.15) is 4.98 Å². The summed E-state index contributed by atoms with van der Waals surface area (Å²) in [6.07, 6.45) is 0.697. The van der Waals surface area contributed by atoms with Crippen molar-refractivity contribution in [1.82, 2.24) is 15.5 Å². The Balaban J connectivity index is 1.86. The van der Waals surface area contributed by atoms with Crippen LogP contribution in [0, 0.1) is 13.8 Å². The van der Waals surface area contributed by atoms with Gasteiger partial charge in [-0.05, 0) is 31.0 Å². The van der Waals surface area contributed by atoms with Crippen LogP contribution in [-0.2, 0) is 13.0 Å². The minimum atomic E-state index is 0.115. The van der Waals surface area contributed by atoms with Gasteiger partial charge in [-0.15, -0.1) is 0 Å². The fourth-order valence-electron chi connectivity index (χ4n) is 1.97. The van der Waals surface area contributed by atoms with Crippen LogP contribution in [0.2, 0.25) is 0 Å². The molecule has 0 radical (unpaired) electrons. The molecule has 0 bridgehead atoms. The van der Waals surface area contributed by atoms with Gasteiger partial charge in [0.05, 0.1) is 0 Å². The predicted octanol–water partition coefficient (Wildman–Crippen LogP) is 1.11. The molecule has 2 aromatic rings. The Kier molecular flexibility index (Phi) is 4.89. The van der Waals surface area contributed by atoms with Crippen LogP contribution >= 0.6 is 0 Å². The third kappa shape index (κ3) is 4.03. The topological polar surface area (TPSA) is 110 Å². The average molecular weight is 289 g/mol. The fourth-order valence-corrected chi connectivity index (χ4v) is 1.97. The average Bonchev–Trinajstić information content (AvgIpc) is 2.89. The van der Waals surface area contributed by atoms with Crippen molar-refractivity contribution in [2.45, 2.75) is 26.8 Å². The fraction of sp³-hybridized carbons (Fsp3) is 0.357. The maximum absolute atomic E-state index is 8.66. The van der Waals surface area contributed by atoms with Crippen molar-refractivity contribution in [3.8, 4) is 0 Å². The number of nitrogens with two attached hydrogens (primary N) is 1. The largest absolute Gasteiger partial charge is 0.409 e. The van der Waals surface area contributed by atoms with Gasteiger partial charge in [0.2, 0.25) is 5.89 Å². The molecule has 0 amide bonds. The SMILES string of the molecule is Cc1noc(CCNCc2ccc(/C(N)=N/O)cc2C)n1. The molecule has 1 aromatic heterocycles. The van der Waals surface area contributed by atoms with Gasteiger partial charge >= 0.3 is 0 Å². The number of benzene rings is 1. The predicted molar refractivity (Wildman–Crippen MR) is 78.1 cm³/mol. The highest BCUT2D eigenvalue weighted by molar-refractivity contribution is 5.97. The van der Waals surface area contributed by atoms with Gasteiger partial charge < -0.3 is 20.8 Å². The second kappa shape index (κ2) is 6.85. The van der Waals surface area contributed by atoms with E-state index in [2.05, 4.69) is 20.6 Å². The summed E-state index contributed by atoms with van der Waals surface area (Å²) < 4.78 is 5.04. The van der Waals surface area contributed by atoms with E-state index in [1.165, 1.54) is 0 Å². The van der Waals surface area contributed by atoms with Crippen LogP contribution in [0.25, 0.3) is 0 Å². The summed E-state index contributed by atoms with van der Waals surface area (Å²) in [4.78, 5) is 4.14. The maximum atomic E-state index is 8.66. The molecule has 4 N–H and O–H groups in total. The molecule has 0 aliphatic rings. The number of nitrogens with zero attached hydrogens (tertiary/aromatic N) is 3. The van der Waals surface area contributed by atoms with Crippen LogP contribution in [0.1, 0.15) is 28.4 Å². The molecule has 0 saturated carbocycles. The Morgan fingerprint density at radius 3 is 2.86 bits per heavy atom. The van der Waals surface area contributed by atoms with Gasteiger partial charge in [0, 0.05) is 25.1 Å². The summed E-state index contributed by atoms with van der Waals surface area (Å²) >= 11 is 0. The van der Waals surface area contributed by atoms with Crippen LogP contribution in [0.3, 0.4) is 0 Å². The summed E-state index contributed by atoms with van der Waals surface area (Å²) in [5.74, 6) is 1.41. The van der Waals surface area contributed by atoms with Crippen LogP contribution < -0.4 is 11.1 Å². The molecule has 0 aliphatic heterocycles. The van der Waals surface area contributed by atoms with Gasteiger partial charge in [-0.25, -0.2) is 0 Å². The number of oxime groups is 1. The van der Waals surface area contributed by atoms with Gasteiger partial charge in [-0.3, -0.25) is 0 Å². The number of rotatable bonds is 6. The minimum absolute atomic E-state index is 0.115. The van der Waals surface area contributed by atoms with Crippen molar-refractivity contribution in [1.29, 1.82) is 0 Å². The second-order valence-corrected chi connectivity index (χ2v) is 4.79. The molecule has 0 atom stereocenters. The van der Waals surface area contributed by atoms with Crippen molar-refractivity contribution in [3.05, 3.63) is 46.6 Å². The summed E-state index contributed by atoms with van der Waals surface area (Å²) in [7, 11) is 0. The Hall–Kier alpha value is -2.41. The molecular formula is C14H19N5O2. The zero-order valence-corrected chi connectivity index (χ0v) is 12.1. The molecule has 0 aliphatic carbocycles. The first-order valence-electron chi connectivity index (χ1n) is 6.67. The lowest BCUT2D eigenvalue weighted by Crippen LogP contribution is -2.18. The first-order chi connectivity index (χ1) is 10.1. The number of aryl methyl sites for hydroxylation is 2. The van der Waals surface area contributed by atoms with E-state index in [1.54, 1.807) is 6.92 Å². The summed E-state index contributed by atoms with van der Waals surface area (Å²) in [6, 6.07) is 5.69. The normalized spacial score (nSPS) is 11.8. The summed E-state index contributed by atoms with van der Waals surface area (Å²) in [5.41, 5.74) is 8.51. The molecular weight excluding hydrogens is 270 g/mol. The van der Waals surface area contributed by atoms with Gasteiger partial charge in [0.1, 0.15) is 0 Å². The Labute approximate surface area is 122 Å². The van der Waals surface area contributed by atoms with E-state index in [-0.39, 0.29) is 5.84 Å². The van der Waals surface area contributed by atoms with Crippen molar-refractivity contribution < 1.29 is 9.73 Å². The van der Waals surface area contributed by atoms with Crippen LogP contribution in [-0.4, -0.2) is 27.7 Å². The molecule has 0 unspecified atom stereocenters. The molecule has 112 valence electrons. The van der Waals surface area contributed by atoms with Crippen molar-refractivity contribution in [2.24, 2.45) is 10.9 Å². The number of hydrogen-bond acceptors (Lipinski definition) is 6. The zero-order valence-electron chi connectivity index (χ0n) is 12.1. The molecule has 1 heterocycles. The second-order valence-electron chi connectivity index (χ2n) is 4.79. The third-order valence-electron chi connectivity index (χ3n) is 3.15. The van der Waals surface area contributed by atoms with Gasteiger partial charge in [-0.1, -0.05) is 22.4 Å². The number of amidine groups is 1. The van der Waals surface area contributed by atoms with Crippen molar-refractivity contribution in [3.63, 3.8) is 0 Å². The molecule has 7 nitrogen and oxygen atoms in total. The molecule has 7 heteroatoms. The van der Waals surface area contributed by atoms with Crippen LogP contribution in [0.4, 0.5) is 0 Å². The third-order valence-corrected chi connectivity index (χ3v) is 3.15. The van der Waals surface area contributed by atoms with E-state index in [9.17, 15) is 0 Å². The summed E-state index contributed by atoms with van der Waals surface area (Å²) in [6.45, 7) is 5.28. The van der Waals surface area contributed by atoms with Crippen LogP contribution in [0.15, 0.2) is 27.9 Å². The number of hydrogen-bond donors (Lipinski definition) is 3. The first-order valence-corrected chi connectivity index (χ1v) is 6.67. The van der Waals surface area contributed by atoms with Crippen molar-refractivity contribution in [2.75, 3.05) is 6.54 Å². The summed E-state index contributed by atoms with van der Waals surface area (Å²) in [5, 5.41) is 18.7. The van der Waals surface area contributed by atoms with Crippen LogP contribution in [0.5, 0.6) is 0 Å². The molecule has 0 spiro atoms. The van der Waals surface area contributed by atoms with Crippen molar-refractivity contribution >= 4 is 5.84 Å². The Morgan fingerprint density at radius 2 is 2.24 bits per heavy atom. The van der Waals surface area contributed by atoms with Gasteiger partial charge in [0.15, 0.2) is 11.7 Å². The molecule has 1 aromatic carbocycles.